The highest BCUT2D eigenvalue weighted by Gasteiger charge is 2.23. The molecule has 23 heavy (non-hydrogen) atoms. The molecule has 0 aliphatic carbocycles. The molecule has 3 heterocycles. The molecule has 7 heteroatoms. The Morgan fingerprint density at radius 2 is 2.13 bits per heavy atom. The number of aliphatic hydroxyl groups is 1. The fourth-order valence-electron chi connectivity index (χ4n) is 2.72. The number of nitrogens with zero attached hydrogens (tertiary/aromatic N) is 4. The molecule has 0 saturated carbocycles. The van der Waals surface area contributed by atoms with E-state index in [4.69, 9.17) is 9.84 Å². The van der Waals surface area contributed by atoms with E-state index in [2.05, 4.69) is 14.5 Å². The summed E-state index contributed by atoms with van der Waals surface area (Å²) in [5.74, 6) is 0.00396. The van der Waals surface area contributed by atoms with E-state index in [9.17, 15) is 4.79 Å². The summed E-state index contributed by atoms with van der Waals surface area (Å²) in [6.45, 7) is 2.68. The predicted molar refractivity (Wildman–Crippen MR) is 82.6 cm³/mol. The van der Waals surface area contributed by atoms with Gasteiger partial charge >= 0.3 is 0 Å². The molecule has 122 valence electrons. The third-order valence-electron chi connectivity index (χ3n) is 3.89. The molecule has 0 spiro atoms. The second kappa shape index (κ2) is 7.34. The van der Waals surface area contributed by atoms with Crippen molar-refractivity contribution in [2.75, 3.05) is 19.8 Å². The zero-order valence-corrected chi connectivity index (χ0v) is 12.9. The summed E-state index contributed by atoms with van der Waals surface area (Å²) in [4.78, 5) is 22.8. The van der Waals surface area contributed by atoms with Crippen LogP contribution in [0.4, 0.5) is 0 Å². The summed E-state index contributed by atoms with van der Waals surface area (Å²) >= 11 is 0. The second-order valence-electron chi connectivity index (χ2n) is 5.42. The van der Waals surface area contributed by atoms with Crippen LogP contribution in [0.1, 0.15) is 28.2 Å². The van der Waals surface area contributed by atoms with Crippen LogP contribution in [0.3, 0.4) is 0 Å². The molecule has 7 nitrogen and oxygen atoms in total. The molecule has 1 aliphatic rings. The number of imidazole rings is 1. The zero-order chi connectivity index (χ0) is 16.1. The Hall–Kier alpha value is -2.25. The fourth-order valence-corrected chi connectivity index (χ4v) is 2.72. The number of carbonyl (C=O) groups is 1. The lowest BCUT2D eigenvalue weighted by molar-refractivity contribution is 0.0729. The van der Waals surface area contributed by atoms with Crippen LogP contribution in [0.25, 0.3) is 0 Å². The summed E-state index contributed by atoms with van der Waals surface area (Å²) in [5.41, 5.74) is 2.47. The molecule has 1 amide bonds. The van der Waals surface area contributed by atoms with E-state index in [1.807, 2.05) is 4.90 Å². The van der Waals surface area contributed by atoms with Crippen LogP contribution in [-0.4, -0.2) is 50.2 Å². The highest BCUT2D eigenvalue weighted by atomic mass is 16.5. The highest BCUT2D eigenvalue weighted by Crippen LogP contribution is 2.18. The van der Waals surface area contributed by atoms with Crippen molar-refractivity contribution in [1.82, 2.24) is 19.4 Å². The lowest BCUT2D eigenvalue weighted by Gasteiger charge is -2.20. The third kappa shape index (κ3) is 3.57. The monoisotopic (exact) mass is 316 g/mol. The van der Waals surface area contributed by atoms with E-state index >= 15 is 0 Å². The summed E-state index contributed by atoms with van der Waals surface area (Å²) in [5, 5.41) is 8.81. The van der Waals surface area contributed by atoms with Crippen LogP contribution in [0.5, 0.6) is 0 Å². The summed E-state index contributed by atoms with van der Waals surface area (Å²) in [6, 6.07) is 3.46. The molecule has 3 rings (SSSR count). The standard InChI is InChI=1S/C16H20N4O3/c21-8-9-23-11-14-15-10-19(6-1-7-20(15)12-18-14)16(22)13-2-4-17-5-3-13/h2-5,12,21H,1,6-11H2. The number of pyridine rings is 1. The van der Waals surface area contributed by atoms with E-state index in [0.717, 1.165) is 24.4 Å². The average Bonchev–Trinajstić information content (AvgIpc) is 2.84. The first-order valence-electron chi connectivity index (χ1n) is 7.70. The number of aryl methyl sites for hydroxylation is 1. The molecule has 0 unspecified atom stereocenters. The molecule has 0 atom stereocenters. The maximum Gasteiger partial charge on any atom is 0.254 e. The van der Waals surface area contributed by atoms with Gasteiger partial charge in [-0.05, 0) is 18.6 Å². The topological polar surface area (TPSA) is 80.5 Å². The fraction of sp³-hybridized carbons (Fsp3) is 0.438. The van der Waals surface area contributed by atoms with E-state index in [1.165, 1.54) is 0 Å². The Labute approximate surface area is 134 Å². The minimum atomic E-state index is -0.0112. The van der Waals surface area contributed by atoms with Crippen molar-refractivity contribution in [3.63, 3.8) is 0 Å². The predicted octanol–water partition coefficient (Wildman–Crippen LogP) is 0.833. The number of ether oxygens (including phenoxy) is 1. The third-order valence-corrected chi connectivity index (χ3v) is 3.89. The number of hydrogen-bond acceptors (Lipinski definition) is 5. The highest BCUT2D eigenvalue weighted by molar-refractivity contribution is 5.94. The van der Waals surface area contributed by atoms with Gasteiger partial charge in [0.1, 0.15) is 0 Å². The molecule has 1 aliphatic heterocycles. The number of aromatic nitrogens is 3. The number of rotatable bonds is 5. The van der Waals surface area contributed by atoms with Crippen LogP contribution in [0.2, 0.25) is 0 Å². The molecule has 2 aromatic rings. The number of aliphatic hydroxyl groups excluding tert-OH is 1. The lowest BCUT2D eigenvalue weighted by Crippen LogP contribution is -2.31. The van der Waals surface area contributed by atoms with Crippen molar-refractivity contribution < 1.29 is 14.6 Å². The maximum absolute atomic E-state index is 12.7. The van der Waals surface area contributed by atoms with Crippen LogP contribution >= 0.6 is 0 Å². The molecular formula is C16H20N4O3. The van der Waals surface area contributed by atoms with Gasteiger partial charge in [0.25, 0.3) is 5.91 Å². The van der Waals surface area contributed by atoms with Crippen molar-refractivity contribution in [1.29, 1.82) is 0 Å². The van der Waals surface area contributed by atoms with E-state index < -0.39 is 0 Å². The summed E-state index contributed by atoms with van der Waals surface area (Å²) in [7, 11) is 0. The Kier molecular flexibility index (Phi) is 4.99. The van der Waals surface area contributed by atoms with Crippen LogP contribution in [-0.2, 0) is 24.4 Å². The first-order chi connectivity index (χ1) is 11.3. The molecular weight excluding hydrogens is 296 g/mol. The van der Waals surface area contributed by atoms with Gasteiger partial charge < -0.3 is 19.3 Å². The van der Waals surface area contributed by atoms with Gasteiger partial charge in [0, 0.05) is 31.0 Å². The van der Waals surface area contributed by atoms with Gasteiger partial charge in [0.15, 0.2) is 0 Å². The van der Waals surface area contributed by atoms with Crippen LogP contribution in [0.15, 0.2) is 30.9 Å². The molecule has 0 saturated heterocycles. The van der Waals surface area contributed by atoms with Gasteiger partial charge in [0.05, 0.1) is 44.1 Å². The lowest BCUT2D eigenvalue weighted by atomic mass is 10.2. The van der Waals surface area contributed by atoms with Crippen molar-refractivity contribution in [3.05, 3.63) is 47.8 Å². The Morgan fingerprint density at radius 3 is 2.91 bits per heavy atom. The molecule has 2 aromatic heterocycles. The van der Waals surface area contributed by atoms with E-state index in [1.54, 1.807) is 30.9 Å². The molecule has 0 aromatic carbocycles. The quantitative estimate of drug-likeness (QED) is 0.827. The first-order valence-corrected chi connectivity index (χ1v) is 7.70. The second-order valence-corrected chi connectivity index (χ2v) is 5.42. The molecule has 0 fully saturated rings. The van der Waals surface area contributed by atoms with E-state index in [0.29, 0.717) is 25.3 Å². The normalized spacial score (nSPS) is 14.4. The average molecular weight is 316 g/mol. The first kappa shape index (κ1) is 15.6. The largest absolute Gasteiger partial charge is 0.394 e. The number of fused-ring (bicyclic) bond motifs is 1. The maximum atomic E-state index is 12.7. The number of amides is 1. The van der Waals surface area contributed by atoms with Gasteiger partial charge in [-0.25, -0.2) is 4.98 Å². The molecule has 1 N–H and O–H groups in total. The zero-order valence-electron chi connectivity index (χ0n) is 12.9. The van der Waals surface area contributed by atoms with Crippen molar-refractivity contribution >= 4 is 5.91 Å². The van der Waals surface area contributed by atoms with Gasteiger partial charge in [-0.1, -0.05) is 0 Å². The molecule has 0 radical (unpaired) electrons. The summed E-state index contributed by atoms with van der Waals surface area (Å²) < 4.78 is 7.46. The Balaban J connectivity index is 1.77. The van der Waals surface area contributed by atoms with Gasteiger partial charge in [-0.15, -0.1) is 0 Å². The van der Waals surface area contributed by atoms with Crippen LogP contribution < -0.4 is 0 Å². The number of carbonyl (C=O) groups excluding carboxylic acids is 1. The van der Waals surface area contributed by atoms with Gasteiger partial charge in [0.2, 0.25) is 0 Å². The SMILES string of the molecule is O=C(c1ccncc1)N1CCCn2cnc(COCCO)c2C1. The smallest absolute Gasteiger partial charge is 0.254 e. The van der Waals surface area contributed by atoms with Crippen molar-refractivity contribution in [2.45, 2.75) is 26.1 Å². The van der Waals surface area contributed by atoms with Crippen LogP contribution in [0, 0.1) is 0 Å². The molecule has 0 bridgehead atoms. The minimum absolute atomic E-state index is 0.00396. The van der Waals surface area contributed by atoms with E-state index in [-0.39, 0.29) is 19.1 Å². The minimum Gasteiger partial charge on any atom is -0.394 e. The van der Waals surface area contributed by atoms with Gasteiger partial charge in [-0.3, -0.25) is 9.78 Å². The van der Waals surface area contributed by atoms with Crippen molar-refractivity contribution in [3.8, 4) is 0 Å². The number of hydrogen-bond donors (Lipinski definition) is 1. The Bertz CT molecular complexity index is 657. The summed E-state index contributed by atoms with van der Waals surface area (Å²) in [6.07, 6.45) is 5.94. The van der Waals surface area contributed by atoms with Gasteiger partial charge in [-0.2, -0.15) is 0 Å². The van der Waals surface area contributed by atoms with Crippen molar-refractivity contribution in [2.24, 2.45) is 0 Å². The Morgan fingerprint density at radius 1 is 1.30 bits per heavy atom.